The smallest absolute Gasteiger partial charge is 0.242 e. The molecule has 1 unspecified atom stereocenters. The highest BCUT2D eigenvalue weighted by Gasteiger charge is 2.15. The minimum Gasteiger partial charge on any atom is -0.243 e. The number of nitrogens with zero attached hydrogens (tertiary/aromatic N) is 1. The van der Waals surface area contributed by atoms with Gasteiger partial charge in [0, 0.05) is 12.2 Å². The van der Waals surface area contributed by atoms with Gasteiger partial charge in [-0.1, -0.05) is 17.7 Å². The van der Waals surface area contributed by atoms with Gasteiger partial charge in [-0.25, -0.2) is 18.1 Å². The van der Waals surface area contributed by atoms with E-state index >= 15 is 0 Å². The quantitative estimate of drug-likeness (QED) is 0.648. The summed E-state index contributed by atoms with van der Waals surface area (Å²) in [4.78, 5) is 3.78. The zero-order valence-electron chi connectivity index (χ0n) is 8.14. The number of pyridine rings is 1. The van der Waals surface area contributed by atoms with Gasteiger partial charge in [0.2, 0.25) is 10.0 Å². The first-order valence-corrected chi connectivity index (χ1v) is 6.08. The zero-order valence-corrected chi connectivity index (χ0v) is 9.72. The third kappa shape index (κ3) is 3.30. The lowest BCUT2D eigenvalue weighted by molar-refractivity contribution is 0.576. The van der Waals surface area contributed by atoms with Gasteiger partial charge in [0.25, 0.3) is 0 Å². The van der Waals surface area contributed by atoms with Crippen molar-refractivity contribution >= 4 is 21.6 Å². The molecular weight excluding hydrogens is 236 g/mol. The van der Waals surface area contributed by atoms with Gasteiger partial charge in [0.05, 0.1) is 0 Å². The molecule has 1 heterocycles. The van der Waals surface area contributed by atoms with Crippen molar-refractivity contribution in [3.05, 3.63) is 36.1 Å². The molecule has 0 fully saturated rings. The molecule has 0 radical (unpaired) electrons. The molecule has 0 saturated carbocycles. The van der Waals surface area contributed by atoms with Crippen LogP contribution >= 0.6 is 11.6 Å². The van der Waals surface area contributed by atoms with E-state index in [0.29, 0.717) is 0 Å². The first-order chi connectivity index (χ1) is 6.95. The second-order valence-electron chi connectivity index (χ2n) is 2.96. The Kier molecular flexibility index (Phi) is 3.84. The largest absolute Gasteiger partial charge is 0.243 e. The van der Waals surface area contributed by atoms with Crippen LogP contribution in [-0.4, -0.2) is 19.4 Å². The SMILES string of the molecule is C=CC(C)NS(=O)(=O)c1ccc(Cl)nc1. The van der Waals surface area contributed by atoms with Gasteiger partial charge in [0.15, 0.2) is 0 Å². The Labute approximate surface area is 94.0 Å². The van der Waals surface area contributed by atoms with Crippen LogP contribution in [0, 0.1) is 0 Å². The number of sulfonamides is 1. The maximum atomic E-state index is 11.7. The highest BCUT2D eigenvalue weighted by Crippen LogP contribution is 2.11. The maximum Gasteiger partial charge on any atom is 0.242 e. The summed E-state index contributed by atoms with van der Waals surface area (Å²) >= 11 is 5.55. The number of aromatic nitrogens is 1. The normalized spacial score (nSPS) is 13.5. The molecule has 82 valence electrons. The van der Waals surface area contributed by atoms with Gasteiger partial charge in [0.1, 0.15) is 10.0 Å². The van der Waals surface area contributed by atoms with E-state index in [9.17, 15) is 8.42 Å². The molecule has 1 N–H and O–H groups in total. The fraction of sp³-hybridized carbons (Fsp3) is 0.222. The summed E-state index contributed by atoms with van der Waals surface area (Å²) in [6.45, 7) is 5.18. The molecule has 4 nitrogen and oxygen atoms in total. The van der Waals surface area contributed by atoms with Gasteiger partial charge in [-0.3, -0.25) is 0 Å². The Morgan fingerprint density at radius 3 is 2.73 bits per heavy atom. The Morgan fingerprint density at radius 2 is 2.27 bits per heavy atom. The van der Waals surface area contributed by atoms with Crippen molar-refractivity contribution in [1.29, 1.82) is 0 Å². The highest BCUT2D eigenvalue weighted by atomic mass is 35.5. The number of halogens is 1. The molecule has 1 aromatic rings. The van der Waals surface area contributed by atoms with Gasteiger partial charge in [-0.2, -0.15) is 0 Å². The summed E-state index contributed by atoms with van der Waals surface area (Å²) in [5, 5.41) is 0.255. The first-order valence-electron chi connectivity index (χ1n) is 4.22. The lowest BCUT2D eigenvalue weighted by atomic mass is 10.4. The first kappa shape index (κ1) is 12.2. The average molecular weight is 247 g/mol. The van der Waals surface area contributed by atoms with E-state index in [1.165, 1.54) is 24.4 Å². The van der Waals surface area contributed by atoms with Crippen molar-refractivity contribution in [1.82, 2.24) is 9.71 Å². The Balaban J connectivity index is 2.96. The molecule has 0 spiro atoms. The van der Waals surface area contributed by atoms with Crippen molar-refractivity contribution in [3.8, 4) is 0 Å². The number of nitrogens with one attached hydrogen (secondary N) is 1. The number of rotatable bonds is 4. The van der Waals surface area contributed by atoms with Crippen LogP contribution in [0.3, 0.4) is 0 Å². The van der Waals surface area contributed by atoms with Crippen LogP contribution < -0.4 is 4.72 Å². The predicted octanol–water partition coefficient (Wildman–Crippen LogP) is 1.59. The van der Waals surface area contributed by atoms with Crippen LogP contribution in [0.15, 0.2) is 35.9 Å². The molecule has 0 aliphatic carbocycles. The highest BCUT2D eigenvalue weighted by molar-refractivity contribution is 7.89. The Morgan fingerprint density at radius 1 is 1.60 bits per heavy atom. The maximum absolute atomic E-state index is 11.7. The van der Waals surface area contributed by atoms with Crippen molar-refractivity contribution in [3.63, 3.8) is 0 Å². The second-order valence-corrected chi connectivity index (χ2v) is 5.06. The molecule has 15 heavy (non-hydrogen) atoms. The molecule has 0 aromatic carbocycles. The monoisotopic (exact) mass is 246 g/mol. The van der Waals surface area contributed by atoms with Crippen molar-refractivity contribution in [2.75, 3.05) is 0 Å². The standard InChI is InChI=1S/C9H11ClN2O2S/c1-3-7(2)12-15(13,14)8-4-5-9(10)11-6-8/h3-7,12H,1H2,2H3. The molecule has 0 amide bonds. The van der Waals surface area contributed by atoms with Crippen LogP contribution in [0.1, 0.15) is 6.92 Å². The van der Waals surface area contributed by atoms with Crippen LogP contribution in [-0.2, 0) is 10.0 Å². The minimum atomic E-state index is -3.53. The molecule has 0 aliphatic heterocycles. The van der Waals surface area contributed by atoms with Crippen molar-refractivity contribution in [2.24, 2.45) is 0 Å². The molecule has 6 heteroatoms. The van der Waals surface area contributed by atoms with Crippen LogP contribution in [0.4, 0.5) is 0 Å². The van der Waals surface area contributed by atoms with Gasteiger partial charge in [-0.05, 0) is 19.1 Å². The van der Waals surface area contributed by atoms with E-state index in [0.717, 1.165) is 0 Å². The fourth-order valence-electron chi connectivity index (χ4n) is 0.882. The molecule has 0 aliphatic rings. The summed E-state index contributed by atoms with van der Waals surface area (Å²) < 4.78 is 25.8. The fourth-order valence-corrected chi connectivity index (χ4v) is 2.15. The van der Waals surface area contributed by atoms with Crippen molar-refractivity contribution < 1.29 is 8.42 Å². The average Bonchev–Trinajstić information content (AvgIpc) is 2.17. The van der Waals surface area contributed by atoms with Crippen LogP contribution in [0.25, 0.3) is 0 Å². The summed E-state index contributed by atoms with van der Waals surface area (Å²) in [5.74, 6) is 0. The Bertz CT molecular complexity index is 442. The number of hydrogen-bond donors (Lipinski definition) is 1. The van der Waals surface area contributed by atoms with Crippen LogP contribution in [0.2, 0.25) is 5.15 Å². The summed E-state index contributed by atoms with van der Waals surface area (Å²) in [5.41, 5.74) is 0. The van der Waals surface area contributed by atoms with Gasteiger partial charge < -0.3 is 0 Å². The molecule has 1 aromatic heterocycles. The lowest BCUT2D eigenvalue weighted by Gasteiger charge is -2.09. The third-order valence-corrected chi connectivity index (χ3v) is 3.47. The van der Waals surface area contributed by atoms with E-state index < -0.39 is 10.0 Å². The lowest BCUT2D eigenvalue weighted by Crippen LogP contribution is -2.31. The number of hydrogen-bond acceptors (Lipinski definition) is 3. The molecular formula is C9H11ClN2O2S. The van der Waals surface area contributed by atoms with E-state index in [-0.39, 0.29) is 16.1 Å². The molecule has 1 atom stereocenters. The van der Waals surface area contributed by atoms with E-state index in [2.05, 4.69) is 16.3 Å². The Hall–Kier alpha value is -0.910. The predicted molar refractivity (Wildman–Crippen MR) is 59.2 cm³/mol. The molecule has 1 rings (SSSR count). The van der Waals surface area contributed by atoms with E-state index in [4.69, 9.17) is 11.6 Å². The van der Waals surface area contributed by atoms with Gasteiger partial charge in [-0.15, -0.1) is 6.58 Å². The summed E-state index contributed by atoms with van der Waals surface area (Å²) in [6, 6.07) is 2.49. The van der Waals surface area contributed by atoms with E-state index in [1.54, 1.807) is 6.92 Å². The second kappa shape index (κ2) is 4.74. The van der Waals surface area contributed by atoms with E-state index in [1.807, 2.05) is 0 Å². The third-order valence-electron chi connectivity index (χ3n) is 1.71. The molecule has 0 bridgehead atoms. The molecule has 0 saturated heterocycles. The van der Waals surface area contributed by atoms with Crippen LogP contribution in [0.5, 0.6) is 0 Å². The van der Waals surface area contributed by atoms with Gasteiger partial charge >= 0.3 is 0 Å². The minimum absolute atomic E-state index is 0.0839. The summed E-state index contributed by atoms with van der Waals surface area (Å²) in [6.07, 6.45) is 2.71. The zero-order chi connectivity index (χ0) is 11.5. The summed E-state index contributed by atoms with van der Waals surface area (Å²) in [7, 11) is -3.53. The topological polar surface area (TPSA) is 59.1 Å². The van der Waals surface area contributed by atoms with Crippen molar-refractivity contribution in [2.45, 2.75) is 17.9 Å².